The molecule has 0 aromatic carbocycles. The van der Waals surface area contributed by atoms with Crippen molar-refractivity contribution in [1.82, 2.24) is 19.9 Å². The van der Waals surface area contributed by atoms with Crippen LogP contribution in [0.25, 0.3) is 11.0 Å². The smallest absolute Gasteiger partial charge is 0.246 e. The van der Waals surface area contributed by atoms with E-state index in [0.717, 1.165) is 61.9 Å². The van der Waals surface area contributed by atoms with Gasteiger partial charge in [-0.25, -0.2) is 9.97 Å². The van der Waals surface area contributed by atoms with Crippen LogP contribution in [0.1, 0.15) is 19.3 Å². The van der Waals surface area contributed by atoms with E-state index in [2.05, 4.69) is 39.8 Å². The van der Waals surface area contributed by atoms with Gasteiger partial charge in [0, 0.05) is 34.0 Å². The highest BCUT2D eigenvalue weighted by atomic mass is 28.3. The maximum atomic E-state index is 12.6. The largest absolute Gasteiger partial charge is 0.361 e. The number of nitrogens with zero attached hydrogens (tertiary/aromatic N) is 4. The van der Waals surface area contributed by atoms with Crippen LogP contribution in [0.3, 0.4) is 0 Å². The van der Waals surface area contributed by atoms with E-state index in [1.54, 1.807) is 6.33 Å². The molecule has 0 saturated carbocycles. The molecule has 27 heavy (non-hydrogen) atoms. The molecule has 1 amide bonds. The SMILES string of the molecule is C[Si](C)(C)CCOCn1ccc2c(N3CCCC34CCNC4=O)ncnc21. The summed E-state index contributed by atoms with van der Waals surface area (Å²) in [6, 6.07) is 3.20. The summed E-state index contributed by atoms with van der Waals surface area (Å²) < 4.78 is 7.93. The van der Waals surface area contributed by atoms with Crippen molar-refractivity contribution in [3.05, 3.63) is 18.6 Å². The molecule has 0 aliphatic carbocycles. The summed E-state index contributed by atoms with van der Waals surface area (Å²) in [6.07, 6.45) is 6.37. The second-order valence-corrected chi connectivity index (χ2v) is 14.5. The highest BCUT2D eigenvalue weighted by Gasteiger charge is 2.51. The first-order valence-electron chi connectivity index (χ1n) is 9.84. The maximum absolute atomic E-state index is 12.6. The Kier molecular flexibility index (Phi) is 4.71. The number of carbonyl (C=O) groups excluding carboxylic acids is 1. The summed E-state index contributed by atoms with van der Waals surface area (Å²) in [5.41, 5.74) is 0.436. The first-order valence-corrected chi connectivity index (χ1v) is 13.5. The van der Waals surface area contributed by atoms with Crippen LogP contribution in [0.4, 0.5) is 5.82 Å². The van der Waals surface area contributed by atoms with Crippen LogP contribution in [-0.2, 0) is 16.3 Å². The molecular weight excluding hydrogens is 358 g/mol. The van der Waals surface area contributed by atoms with E-state index >= 15 is 0 Å². The summed E-state index contributed by atoms with van der Waals surface area (Å²) in [4.78, 5) is 23.8. The van der Waals surface area contributed by atoms with Crippen LogP contribution in [0, 0.1) is 0 Å². The van der Waals surface area contributed by atoms with E-state index < -0.39 is 13.6 Å². The van der Waals surface area contributed by atoms with E-state index in [4.69, 9.17) is 4.74 Å². The first-order chi connectivity index (χ1) is 12.9. The minimum Gasteiger partial charge on any atom is -0.361 e. The normalized spacial score (nSPS) is 22.9. The lowest BCUT2D eigenvalue weighted by molar-refractivity contribution is -0.123. The van der Waals surface area contributed by atoms with Gasteiger partial charge in [-0.1, -0.05) is 19.6 Å². The number of ether oxygens (including phenoxy) is 1. The molecule has 1 spiro atoms. The monoisotopic (exact) mass is 387 g/mol. The van der Waals surface area contributed by atoms with E-state index in [-0.39, 0.29) is 5.91 Å². The highest BCUT2D eigenvalue weighted by Crippen LogP contribution is 2.40. The van der Waals surface area contributed by atoms with Gasteiger partial charge in [0.05, 0.1) is 5.39 Å². The third-order valence-corrected chi connectivity index (χ3v) is 7.46. The lowest BCUT2D eigenvalue weighted by Crippen LogP contribution is -2.50. The predicted molar refractivity (Wildman–Crippen MR) is 109 cm³/mol. The van der Waals surface area contributed by atoms with Crippen molar-refractivity contribution >= 4 is 30.8 Å². The highest BCUT2D eigenvalue weighted by molar-refractivity contribution is 6.76. The summed E-state index contributed by atoms with van der Waals surface area (Å²) in [5.74, 6) is 1.01. The fourth-order valence-electron chi connectivity index (χ4n) is 4.20. The molecule has 2 aromatic heterocycles. The Morgan fingerprint density at radius 1 is 1.30 bits per heavy atom. The maximum Gasteiger partial charge on any atom is 0.246 e. The molecule has 4 rings (SSSR count). The molecule has 0 bridgehead atoms. The van der Waals surface area contributed by atoms with Crippen molar-refractivity contribution in [2.45, 2.75) is 57.2 Å². The Morgan fingerprint density at radius 3 is 2.89 bits per heavy atom. The minimum atomic E-state index is -1.09. The van der Waals surface area contributed by atoms with Gasteiger partial charge in [0.1, 0.15) is 30.1 Å². The number of fused-ring (bicyclic) bond motifs is 1. The average molecular weight is 388 g/mol. The third kappa shape index (κ3) is 3.36. The Hall–Kier alpha value is -1.93. The summed E-state index contributed by atoms with van der Waals surface area (Å²) in [5, 5.41) is 4.00. The Bertz CT molecular complexity index is 842. The summed E-state index contributed by atoms with van der Waals surface area (Å²) in [7, 11) is -1.09. The minimum absolute atomic E-state index is 0.140. The van der Waals surface area contributed by atoms with Crippen molar-refractivity contribution in [2.75, 3.05) is 24.6 Å². The number of nitrogens with one attached hydrogen (secondary N) is 1. The molecule has 2 aromatic rings. The predicted octanol–water partition coefficient (Wildman–Crippen LogP) is 2.60. The van der Waals surface area contributed by atoms with Gasteiger partial charge in [-0.15, -0.1) is 0 Å². The Morgan fingerprint density at radius 2 is 2.15 bits per heavy atom. The topological polar surface area (TPSA) is 72.3 Å². The number of amides is 1. The van der Waals surface area contributed by atoms with E-state index in [9.17, 15) is 4.79 Å². The van der Waals surface area contributed by atoms with E-state index in [0.29, 0.717) is 6.73 Å². The molecule has 2 fully saturated rings. The fraction of sp³-hybridized carbons (Fsp3) is 0.632. The number of aromatic nitrogens is 3. The molecule has 1 N–H and O–H groups in total. The molecule has 1 atom stereocenters. The van der Waals surface area contributed by atoms with Crippen LogP contribution >= 0.6 is 0 Å². The van der Waals surface area contributed by atoms with Gasteiger partial charge in [0.25, 0.3) is 0 Å². The molecular formula is C19H29N5O2Si. The molecule has 8 heteroatoms. The van der Waals surface area contributed by atoms with Crippen molar-refractivity contribution in [2.24, 2.45) is 0 Å². The second kappa shape index (κ2) is 6.90. The summed E-state index contributed by atoms with van der Waals surface area (Å²) >= 11 is 0. The zero-order valence-electron chi connectivity index (χ0n) is 16.5. The van der Waals surface area contributed by atoms with E-state index in [1.165, 1.54) is 0 Å². The van der Waals surface area contributed by atoms with Gasteiger partial charge in [-0.2, -0.15) is 0 Å². The number of hydrogen-bond acceptors (Lipinski definition) is 5. The van der Waals surface area contributed by atoms with Crippen LogP contribution in [0.5, 0.6) is 0 Å². The van der Waals surface area contributed by atoms with Crippen LogP contribution < -0.4 is 10.2 Å². The zero-order valence-corrected chi connectivity index (χ0v) is 17.5. The van der Waals surface area contributed by atoms with Gasteiger partial charge < -0.3 is 19.5 Å². The molecule has 0 radical (unpaired) electrons. The molecule has 2 aliphatic heterocycles. The van der Waals surface area contributed by atoms with Gasteiger partial charge in [0.15, 0.2) is 0 Å². The third-order valence-electron chi connectivity index (χ3n) is 5.75. The molecule has 2 saturated heterocycles. The van der Waals surface area contributed by atoms with Crippen LogP contribution in [0.2, 0.25) is 25.7 Å². The lowest BCUT2D eigenvalue weighted by Gasteiger charge is -2.33. The molecule has 1 unspecified atom stereocenters. The Labute approximate surface area is 161 Å². The van der Waals surface area contributed by atoms with Crippen molar-refractivity contribution in [3.8, 4) is 0 Å². The Balaban J connectivity index is 1.57. The fourth-order valence-corrected chi connectivity index (χ4v) is 4.95. The van der Waals surface area contributed by atoms with Crippen LogP contribution in [0.15, 0.2) is 18.6 Å². The van der Waals surface area contributed by atoms with Crippen LogP contribution in [-0.4, -0.2) is 53.8 Å². The molecule has 146 valence electrons. The van der Waals surface area contributed by atoms with Crippen molar-refractivity contribution in [3.63, 3.8) is 0 Å². The number of anilines is 1. The van der Waals surface area contributed by atoms with Gasteiger partial charge in [-0.05, 0) is 31.4 Å². The van der Waals surface area contributed by atoms with Gasteiger partial charge in [-0.3, -0.25) is 4.79 Å². The zero-order chi connectivity index (χ0) is 19.1. The van der Waals surface area contributed by atoms with Crippen molar-refractivity contribution < 1.29 is 9.53 Å². The lowest BCUT2D eigenvalue weighted by atomic mass is 9.94. The number of carbonyl (C=O) groups is 1. The standard InChI is InChI=1S/C19H29N5O2Si/c1-27(2,3)12-11-26-14-23-10-5-15-16(23)21-13-22-17(15)24-9-4-6-19(24)7-8-20-18(19)25/h5,10,13H,4,6-9,11-12,14H2,1-3H3,(H,20,25). The summed E-state index contributed by atoms with van der Waals surface area (Å²) in [6.45, 7) is 9.94. The van der Waals surface area contributed by atoms with E-state index in [1.807, 2.05) is 16.8 Å². The second-order valence-electron chi connectivity index (χ2n) is 8.86. The quantitative estimate of drug-likeness (QED) is 0.609. The average Bonchev–Trinajstić information content (AvgIpc) is 3.32. The molecule has 2 aliphatic rings. The number of rotatable bonds is 6. The van der Waals surface area contributed by atoms with Gasteiger partial charge >= 0.3 is 0 Å². The van der Waals surface area contributed by atoms with Gasteiger partial charge in [0.2, 0.25) is 5.91 Å². The van der Waals surface area contributed by atoms with Crippen molar-refractivity contribution in [1.29, 1.82) is 0 Å². The molecule has 7 nitrogen and oxygen atoms in total. The molecule has 4 heterocycles. The first kappa shape index (κ1) is 18.4. The number of hydrogen-bond donors (Lipinski definition) is 1.